The molecule has 0 radical (unpaired) electrons. The van der Waals surface area contributed by atoms with Crippen molar-refractivity contribution in [2.75, 3.05) is 7.05 Å². The zero-order valence-corrected chi connectivity index (χ0v) is 21.9. The molecule has 1 aromatic carbocycles. The number of aryl methyl sites for hydroxylation is 3. The lowest BCUT2D eigenvalue weighted by Crippen LogP contribution is -2.25. The molecule has 0 amide bonds. The Balaban J connectivity index is 0. The molecule has 0 aromatic heterocycles. The summed E-state index contributed by atoms with van der Waals surface area (Å²) in [6.45, 7) is 25.6. The summed E-state index contributed by atoms with van der Waals surface area (Å²) in [6, 6.07) is 7.10. The first-order chi connectivity index (χ1) is 14.0. The van der Waals surface area contributed by atoms with E-state index in [1.807, 2.05) is 7.05 Å². The Morgan fingerprint density at radius 2 is 1.63 bits per heavy atom. The highest BCUT2D eigenvalue weighted by molar-refractivity contribution is 5.96. The van der Waals surface area contributed by atoms with Crippen LogP contribution in [-0.2, 0) is 6.42 Å². The highest BCUT2D eigenvalue weighted by Crippen LogP contribution is 2.10. The summed E-state index contributed by atoms with van der Waals surface area (Å²) in [5, 5.41) is 3.36. The van der Waals surface area contributed by atoms with Gasteiger partial charge in [-0.1, -0.05) is 77.0 Å². The Hall–Kier alpha value is -1.83. The van der Waals surface area contributed by atoms with Crippen LogP contribution < -0.4 is 5.32 Å². The van der Waals surface area contributed by atoms with Gasteiger partial charge in [-0.2, -0.15) is 0 Å². The SMILES string of the molecule is C=C(CC(C=C(C)C)=NC)NC(C)CC.CCC(C)C.CCc1cc(C)ccc1C. The van der Waals surface area contributed by atoms with E-state index in [4.69, 9.17) is 0 Å². The Morgan fingerprint density at radius 3 is 2.00 bits per heavy atom. The first-order valence-electron chi connectivity index (χ1n) is 11.6. The van der Waals surface area contributed by atoms with Crippen LogP contribution in [0.1, 0.15) is 91.3 Å². The van der Waals surface area contributed by atoms with Crippen LogP contribution >= 0.6 is 0 Å². The number of hydrogen-bond acceptors (Lipinski definition) is 2. The Bertz CT molecular complexity index is 647. The van der Waals surface area contributed by atoms with Crippen molar-refractivity contribution >= 4 is 5.71 Å². The molecule has 2 heteroatoms. The van der Waals surface area contributed by atoms with Gasteiger partial charge in [-0.15, -0.1) is 0 Å². The minimum absolute atomic E-state index is 0.488. The van der Waals surface area contributed by atoms with E-state index in [1.54, 1.807) is 0 Å². The number of allylic oxidation sites excluding steroid dienone is 3. The molecule has 0 heterocycles. The molecule has 172 valence electrons. The van der Waals surface area contributed by atoms with Gasteiger partial charge in [0.15, 0.2) is 0 Å². The number of benzene rings is 1. The molecular formula is C28H50N2. The molecule has 0 saturated heterocycles. The zero-order chi connectivity index (χ0) is 23.7. The molecule has 1 unspecified atom stereocenters. The van der Waals surface area contributed by atoms with Gasteiger partial charge in [0.1, 0.15) is 0 Å². The fraction of sp³-hybridized carbons (Fsp3) is 0.607. The van der Waals surface area contributed by atoms with Gasteiger partial charge in [0.05, 0.1) is 0 Å². The summed E-state index contributed by atoms with van der Waals surface area (Å²) < 4.78 is 0. The van der Waals surface area contributed by atoms with Crippen molar-refractivity contribution in [3.05, 3.63) is 58.8 Å². The fourth-order valence-electron chi connectivity index (χ4n) is 2.43. The third kappa shape index (κ3) is 17.1. The largest absolute Gasteiger partial charge is 0.386 e. The molecule has 1 N–H and O–H groups in total. The average Bonchev–Trinajstić information content (AvgIpc) is 2.69. The summed E-state index contributed by atoms with van der Waals surface area (Å²) in [5.41, 5.74) is 7.64. The van der Waals surface area contributed by atoms with Crippen molar-refractivity contribution in [2.24, 2.45) is 10.9 Å². The molecular weight excluding hydrogens is 364 g/mol. The van der Waals surface area contributed by atoms with Crippen LogP contribution in [0.3, 0.4) is 0 Å². The van der Waals surface area contributed by atoms with Gasteiger partial charge in [0.2, 0.25) is 0 Å². The van der Waals surface area contributed by atoms with E-state index in [0.29, 0.717) is 6.04 Å². The standard InChI is InChI=1S/C13H24N2.C10H14.C5H12/c1-7-11(4)15-12(5)9-13(14-6)8-10(2)3;1-4-10-7-8(2)5-6-9(10)3;1-4-5(2)3/h8,11,15H,5,7,9H2,1-4,6H3;5-7H,4H2,1-3H3;5H,4H2,1-3H3. The van der Waals surface area contributed by atoms with Gasteiger partial charge < -0.3 is 5.32 Å². The second-order valence-electron chi connectivity index (χ2n) is 8.76. The first kappa shape index (κ1) is 30.4. The molecule has 0 saturated carbocycles. The minimum Gasteiger partial charge on any atom is -0.386 e. The molecule has 0 aliphatic carbocycles. The first-order valence-corrected chi connectivity index (χ1v) is 11.6. The number of aliphatic imine (C=N–C) groups is 1. The molecule has 2 nitrogen and oxygen atoms in total. The highest BCUT2D eigenvalue weighted by atomic mass is 14.9. The molecule has 0 bridgehead atoms. The average molecular weight is 415 g/mol. The minimum atomic E-state index is 0.488. The van der Waals surface area contributed by atoms with Gasteiger partial charge in [-0.3, -0.25) is 4.99 Å². The monoisotopic (exact) mass is 414 g/mol. The normalized spacial score (nSPS) is 11.5. The van der Waals surface area contributed by atoms with E-state index in [1.165, 1.54) is 28.7 Å². The van der Waals surface area contributed by atoms with Crippen LogP contribution in [0.5, 0.6) is 0 Å². The lowest BCUT2D eigenvalue weighted by molar-refractivity contribution is 0.592. The van der Waals surface area contributed by atoms with E-state index in [0.717, 1.165) is 36.6 Å². The fourth-order valence-corrected chi connectivity index (χ4v) is 2.43. The van der Waals surface area contributed by atoms with Crippen LogP contribution in [0, 0.1) is 19.8 Å². The van der Waals surface area contributed by atoms with E-state index >= 15 is 0 Å². The summed E-state index contributed by atoms with van der Waals surface area (Å²) >= 11 is 0. The number of hydrogen-bond donors (Lipinski definition) is 1. The topological polar surface area (TPSA) is 24.4 Å². The van der Waals surface area contributed by atoms with Crippen molar-refractivity contribution in [1.82, 2.24) is 5.32 Å². The lowest BCUT2D eigenvalue weighted by Gasteiger charge is -2.15. The Morgan fingerprint density at radius 1 is 1.07 bits per heavy atom. The summed E-state index contributed by atoms with van der Waals surface area (Å²) in [7, 11) is 1.82. The second kappa shape index (κ2) is 18.0. The molecule has 1 atom stereocenters. The predicted octanol–water partition coefficient (Wildman–Crippen LogP) is 8.23. The molecule has 0 fully saturated rings. The molecule has 1 aromatic rings. The molecule has 1 rings (SSSR count). The van der Waals surface area contributed by atoms with Crippen molar-refractivity contribution in [3.63, 3.8) is 0 Å². The van der Waals surface area contributed by atoms with Crippen LogP contribution in [0.2, 0.25) is 0 Å². The predicted molar refractivity (Wildman–Crippen MR) is 140 cm³/mol. The summed E-state index contributed by atoms with van der Waals surface area (Å²) in [5.74, 6) is 0.884. The molecule has 0 aliphatic heterocycles. The van der Waals surface area contributed by atoms with Crippen molar-refractivity contribution in [3.8, 4) is 0 Å². The maximum absolute atomic E-state index is 4.24. The third-order valence-corrected chi connectivity index (χ3v) is 4.90. The van der Waals surface area contributed by atoms with Crippen molar-refractivity contribution in [2.45, 2.75) is 101 Å². The molecule has 30 heavy (non-hydrogen) atoms. The van der Waals surface area contributed by atoms with Gasteiger partial charge >= 0.3 is 0 Å². The van der Waals surface area contributed by atoms with Crippen LogP contribution in [0.4, 0.5) is 0 Å². The zero-order valence-electron chi connectivity index (χ0n) is 21.9. The van der Waals surface area contributed by atoms with Crippen LogP contribution in [-0.4, -0.2) is 18.8 Å². The third-order valence-electron chi connectivity index (χ3n) is 4.90. The number of nitrogens with one attached hydrogen (secondary N) is 1. The second-order valence-corrected chi connectivity index (χ2v) is 8.76. The van der Waals surface area contributed by atoms with E-state index in [9.17, 15) is 0 Å². The maximum Gasteiger partial charge on any atom is 0.0402 e. The quantitative estimate of drug-likeness (QED) is 0.425. The maximum atomic E-state index is 4.24. The van der Waals surface area contributed by atoms with Gasteiger partial charge in [-0.05, 0) is 70.6 Å². The van der Waals surface area contributed by atoms with E-state index < -0.39 is 0 Å². The Kier molecular flexibility index (Phi) is 18.2. The van der Waals surface area contributed by atoms with E-state index in [-0.39, 0.29) is 0 Å². The lowest BCUT2D eigenvalue weighted by atomic mass is 10.0. The number of nitrogens with zero attached hydrogens (tertiary/aromatic N) is 1. The number of rotatable bonds is 8. The highest BCUT2D eigenvalue weighted by Gasteiger charge is 2.02. The van der Waals surface area contributed by atoms with Crippen LogP contribution in [0.25, 0.3) is 0 Å². The summed E-state index contributed by atoms with van der Waals surface area (Å²) in [4.78, 5) is 4.24. The van der Waals surface area contributed by atoms with Gasteiger partial charge in [-0.25, -0.2) is 0 Å². The van der Waals surface area contributed by atoms with E-state index in [2.05, 4.69) is 110 Å². The van der Waals surface area contributed by atoms with Crippen molar-refractivity contribution < 1.29 is 0 Å². The van der Waals surface area contributed by atoms with Crippen LogP contribution in [0.15, 0.2) is 47.1 Å². The van der Waals surface area contributed by atoms with Gasteiger partial charge in [0, 0.05) is 30.9 Å². The van der Waals surface area contributed by atoms with Crippen molar-refractivity contribution in [1.29, 1.82) is 0 Å². The van der Waals surface area contributed by atoms with Gasteiger partial charge in [0.25, 0.3) is 0 Å². The molecule has 0 spiro atoms. The Labute approximate surface area is 189 Å². The smallest absolute Gasteiger partial charge is 0.0402 e. The summed E-state index contributed by atoms with van der Waals surface area (Å²) in [6.07, 6.45) is 6.48. The molecule has 0 aliphatic rings.